The van der Waals surface area contributed by atoms with E-state index in [1.54, 1.807) is 24.3 Å². The molecule has 3 aromatic carbocycles. The molecular formula is C23H21FN2O3. The molecule has 0 spiro atoms. The molecule has 0 aromatic heterocycles. The van der Waals surface area contributed by atoms with Gasteiger partial charge in [0.2, 0.25) is 0 Å². The summed E-state index contributed by atoms with van der Waals surface area (Å²) < 4.78 is 18.4. The number of anilines is 1. The average Bonchev–Trinajstić information content (AvgIpc) is 2.74. The third kappa shape index (κ3) is 5.90. The van der Waals surface area contributed by atoms with E-state index in [0.29, 0.717) is 17.0 Å². The quantitative estimate of drug-likeness (QED) is 0.629. The Balaban J connectivity index is 1.51. The molecule has 0 saturated carbocycles. The Kier molecular flexibility index (Phi) is 6.58. The number of para-hydroxylation sites is 1. The van der Waals surface area contributed by atoms with Crippen molar-refractivity contribution in [1.29, 1.82) is 0 Å². The first-order valence-electron chi connectivity index (χ1n) is 9.15. The average molecular weight is 392 g/mol. The summed E-state index contributed by atoms with van der Waals surface area (Å²) in [6, 6.07) is 21.4. The van der Waals surface area contributed by atoms with Crippen LogP contribution >= 0.6 is 0 Å². The monoisotopic (exact) mass is 392 g/mol. The van der Waals surface area contributed by atoms with Crippen molar-refractivity contribution in [2.45, 2.75) is 13.0 Å². The van der Waals surface area contributed by atoms with E-state index in [2.05, 4.69) is 10.6 Å². The molecule has 0 aliphatic rings. The largest absolute Gasteiger partial charge is 0.484 e. The zero-order chi connectivity index (χ0) is 20.6. The Labute approximate surface area is 168 Å². The van der Waals surface area contributed by atoms with Crippen LogP contribution in [0, 0.1) is 5.82 Å². The highest BCUT2D eigenvalue weighted by atomic mass is 19.1. The van der Waals surface area contributed by atoms with Crippen molar-refractivity contribution >= 4 is 17.5 Å². The van der Waals surface area contributed by atoms with E-state index in [9.17, 15) is 14.0 Å². The van der Waals surface area contributed by atoms with Gasteiger partial charge in [0, 0.05) is 11.3 Å². The molecule has 0 heterocycles. The zero-order valence-electron chi connectivity index (χ0n) is 15.9. The van der Waals surface area contributed by atoms with Gasteiger partial charge in [0.15, 0.2) is 6.61 Å². The third-order valence-corrected chi connectivity index (χ3v) is 4.27. The maximum absolute atomic E-state index is 13.0. The van der Waals surface area contributed by atoms with Gasteiger partial charge in [-0.15, -0.1) is 0 Å². The molecule has 148 valence electrons. The molecule has 1 atom stereocenters. The van der Waals surface area contributed by atoms with E-state index >= 15 is 0 Å². The van der Waals surface area contributed by atoms with E-state index in [4.69, 9.17) is 4.74 Å². The van der Waals surface area contributed by atoms with Crippen LogP contribution in [0.25, 0.3) is 0 Å². The van der Waals surface area contributed by atoms with Gasteiger partial charge in [0.1, 0.15) is 11.6 Å². The molecule has 1 unspecified atom stereocenters. The van der Waals surface area contributed by atoms with Crippen molar-refractivity contribution in [1.82, 2.24) is 5.32 Å². The summed E-state index contributed by atoms with van der Waals surface area (Å²) in [5.41, 5.74) is 1.86. The van der Waals surface area contributed by atoms with Gasteiger partial charge in [-0.05, 0) is 61.0 Å². The number of benzene rings is 3. The molecule has 5 nitrogen and oxygen atoms in total. The van der Waals surface area contributed by atoms with E-state index in [-0.39, 0.29) is 24.5 Å². The Morgan fingerprint density at radius 1 is 0.931 bits per heavy atom. The summed E-state index contributed by atoms with van der Waals surface area (Å²) in [5.74, 6) is -0.306. The van der Waals surface area contributed by atoms with Crippen LogP contribution in [0.2, 0.25) is 0 Å². The third-order valence-electron chi connectivity index (χ3n) is 4.27. The first kappa shape index (κ1) is 20.1. The summed E-state index contributed by atoms with van der Waals surface area (Å²) in [5, 5.41) is 5.63. The zero-order valence-corrected chi connectivity index (χ0v) is 15.9. The molecule has 0 aliphatic heterocycles. The lowest BCUT2D eigenvalue weighted by atomic mass is 10.1. The molecule has 3 aromatic rings. The minimum absolute atomic E-state index is 0.0693. The van der Waals surface area contributed by atoms with Gasteiger partial charge in [-0.3, -0.25) is 9.59 Å². The van der Waals surface area contributed by atoms with Gasteiger partial charge < -0.3 is 15.4 Å². The summed E-state index contributed by atoms with van der Waals surface area (Å²) in [4.78, 5) is 24.2. The van der Waals surface area contributed by atoms with Crippen molar-refractivity contribution in [2.75, 3.05) is 11.9 Å². The van der Waals surface area contributed by atoms with Crippen molar-refractivity contribution in [2.24, 2.45) is 0 Å². The topological polar surface area (TPSA) is 67.4 Å². The second kappa shape index (κ2) is 9.50. The van der Waals surface area contributed by atoms with Crippen molar-refractivity contribution < 1.29 is 18.7 Å². The lowest BCUT2D eigenvalue weighted by Gasteiger charge is -2.15. The Morgan fingerprint density at radius 2 is 1.59 bits per heavy atom. The smallest absolute Gasteiger partial charge is 0.258 e. The number of nitrogens with one attached hydrogen (secondary N) is 2. The van der Waals surface area contributed by atoms with E-state index < -0.39 is 5.82 Å². The number of amides is 2. The highest BCUT2D eigenvalue weighted by Gasteiger charge is 2.11. The lowest BCUT2D eigenvalue weighted by molar-refractivity contribution is -0.123. The number of rotatable bonds is 7. The molecule has 2 amide bonds. The predicted octanol–water partition coefficient (Wildman–Crippen LogP) is 4.33. The first-order chi connectivity index (χ1) is 14.0. The van der Waals surface area contributed by atoms with Gasteiger partial charge in [-0.25, -0.2) is 4.39 Å². The maximum atomic E-state index is 13.0. The Hall–Kier alpha value is -3.67. The predicted molar refractivity (Wildman–Crippen MR) is 109 cm³/mol. The van der Waals surface area contributed by atoms with Crippen LogP contribution in [-0.4, -0.2) is 18.4 Å². The summed E-state index contributed by atoms with van der Waals surface area (Å²) in [7, 11) is 0. The molecule has 0 saturated heterocycles. The van der Waals surface area contributed by atoms with Crippen LogP contribution in [0.3, 0.4) is 0 Å². The van der Waals surface area contributed by atoms with Crippen LogP contribution in [0.15, 0.2) is 78.9 Å². The second-order valence-corrected chi connectivity index (χ2v) is 6.47. The van der Waals surface area contributed by atoms with Crippen molar-refractivity contribution in [3.8, 4) is 5.75 Å². The van der Waals surface area contributed by atoms with Crippen LogP contribution in [0.4, 0.5) is 10.1 Å². The molecule has 0 aliphatic carbocycles. The second-order valence-electron chi connectivity index (χ2n) is 6.47. The first-order valence-corrected chi connectivity index (χ1v) is 9.15. The summed E-state index contributed by atoms with van der Waals surface area (Å²) in [6.07, 6.45) is 0. The fourth-order valence-corrected chi connectivity index (χ4v) is 2.69. The molecule has 6 heteroatoms. The number of halogens is 1. The summed E-state index contributed by atoms with van der Waals surface area (Å²) in [6.45, 7) is 1.80. The highest BCUT2D eigenvalue weighted by molar-refractivity contribution is 6.04. The Bertz CT molecular complexity index is 958. The van der Waals surface area contributed by atoms with E-state index in [0.717, 1.165) is 5.56 Å². The van der Waals surface area contributed by atoms with Gasteiger partial charge in [-0.1, -0.05) is 30.3 Å². The fourth-order valence-electron chi connectivity index (χ4n) is 2.69. The van der Waals surface area contributed by atoms with Gasteiger partial charge in [-0.2, -0.15) is 0 Å². The van der Waals surface area contributed by atoms with Gasteiger partial charge >= 0.3 is 0 Å². The number of ether oxygens (including phenoxy) is 1. The van der Waals surface area contributed by atoms with Gasteiger partial charge in [0.25, 0.3) is 11.8 Å². The molecular weight excluding hydrogens is 371 g/mol. The molecule has 0 fully saturated rings. The lowest BCUT2D eigenvalue weighted by Crippen LogP contribution is -2.31. The molecule has 0 radical (unpaired) electrons. The van der Waals surface area contributed by atoms with Crippen LogP contribution in [0.5, 0.6) is 5.75 Å². The molecule has 3 rings (SSSR count). The maximum Gasteiger partial charge on any atom is 0.258 e. The number of hydrogen-bond donors (Lipinski definition) is 2. The SMILES string of the molecule is CC(NC(=O)COc1ccccc1)c1ccc(NC(=O)c2ccc(F)cc2)cc1. The normalized spacial score (nSPS) is 11.4. The highest BCUT2D eigenvalue weighted by Crippen LogP contribution is 2.17. The van der Waals surface area contributed by atoms with Gasteiger partial charge in [0.05, 0.1) is 6.04 Å². The number of hydrogen-bond acceptors (Lipinski definition) is 3. The minimum atomic E-state index is -0.392. The Morgan fingerprint density at radius 3 is 2.24 bits per heavy atom. The standard InChI is InChI=1S/C23H21FN2O3/c1-16(25-22(27)15-29-21-5-3-2-4-6-21)17-9-13-20(14-10-17)26-23(28)18-7-11-19(24)12-8-18/h2-14,16H,15H2,1H3,(H,25,27)(H,26,28). The minimum Gasteiger partial charge on any atom is -0.484 e. The molecule has 0 bridgehead atoms. The van der Waals surface area contributed by atoms with E-state index in [1.165, 1.54) is 24.3 Å². The van der Waals surface area contributed by atoms with Crippen molar-refractivity contribution in [3.05, 3.63) is 95.8 Å². The summed E-state index contributed by atoms with van der Waals surface area (Å²) >= 11 is 0. The van der Waals surface area contributed by atoms with Crippen molar-refractivity contribution in [3.63, 3.8) is 0 Å². The van der Waals surface area contributed by atoms with Crippen LogP contribution in [-0.2, 0) is 4.79 Å². The van der Waals surface area contributed by atoms with Crippen LogP contribution < -0.4 is 15.4 Å². The van der Waals surface area contributed by atoms with E-state index in [1.807, 2.05) is 37.3 Å². The van der Waals surface area contributed by atoms with Crippen LogP contribution in [0.1, 0.15) is 28.9 Å². The molecule has 29 heavy (non-hydrogen) atoms. The number of carbonyl (C=O) groups is 2. The fraction of sp³-hybridized carbons (Fsp3) is 0.130. The molecule has 2 N–H and O–H groups in total. The number of carbonyl (C=O) groups excluding carboxylic acids is 2.